The topological polar surface area (TPSA) is 66.8 Å². The number of ether oxygens (including phenoxy) is 1. The molecule has 2 rings (SSSR count). The number of β-lactam (4-membered cyclic amide) rings is 1. The van der Waals surface area contributed by atoms with Crippen LogP contribution in [0.2, 0.25) is 0 Å². The molecule has 2 heterocycles. The second-order valence-corrected chi connectivity index (χ2v) is 6.03. The van der Waals surface area contributed by atoms with E-state index in [2.05, 4.69) is 0 Å². The van der Waals surface area contributed by atoms with Gasteiger partial charge in [-0.25, -0.2) is 4.79 Å². The van der Waals surface area contributed by atoms with Gasteiger partial charge < -0.3 is 14.7 Å². The lowest BCUT2D eigenvalue weighted by molar-refractivity contribution is -0.172. The minimum absolute atomic E-state index is 0.140. The number of carbonyl (C=O) groups excluding carboxylic acids is 1. The van der Waals surface area contributed by atoms with Crippen molar-refractivity contribution in [1.82, 2.24) is 4.90 Å². The third-order valence-corrected chi connectivity index (χ3v) is 4.43. The fourth-order valence-electron chi connectivity index (χ4n) is 2.19. The molecule has 1 amide bonds. The molecule has 84 valence electrons. The molecule has 2 aliphatic heterocycles. The molecule has 0 aromatic rings. The Bertz CT molecular complexity index is 330. The summed E-state index contributed by atoms with van der Waals surface area (Å²) in [5, 5.41) is 8.96. The lowest BCUT2D eigenvalue weighted by atomic mass is 9.97. The molecule has 15 heavy (non-hydrogen) atoms. The van der Waals surface area contributed by atoms with E-state index in [1.54, 1.807) is 0 Å². The summed E-state index contributed by atoms with van der Waals surface area (Å²) in [6.45, 7) is 3.68. The Kier molecular flexibility index (Phi) is 2.24. The van der Waals surface area contributed by atoms with Gasteiger partial charge in [0.05, 0.1) is 0 Å². The number of aliphatic carboxylic acids is 1. The lowest BCUT2D eigenvalue weighted by Gasteiger charge is -2.42. The maximum Gasteiger partial charge on any atom is 0.327 e. The Balaban J connectivity index is 2.28. The maximum absolute atomic E-state index is 11.6. The SMILES string of the molecule is CO[C@H]1C(=O)N2[C@@H]1SC(C)(C)[C@@H]2C(=O)O. The largest absolute Gasteiger partial charge is 0.480 e. The first kappa shape index (κ1) is 10.8. The molecular weight excluding hydrogens is 218 g/mol. The van der Waals surface area contributed by atoms with Crippen LogP contribution in [0, 0.1) is 0 Å². The van der Waals surface area contributed by atoms with Gasteiger partial charge in [0.25, 0.3) is 5.91 Å². The van der Waals surface area contributed by atoms with Crippen LogP contribution < -0.4 is 0 Å². The average Bonchev–Trinajstić information content (AvgIpc) is 2.35. The third-order valence-electron chi connectivity index (χ3n) is 2.88. The number of thioether (sulfide) groups is 1. The van der Waals surface area contributed by atoms with Gasteiger partial charge in [-0.2, -0.15) is 0 Å². The Morgan fingerprint density at radius 1 is 1.60 bits per heavy atom. The van der Waals surface area contributed by atoms with Crippen molar-refractivity contribution in [3.63, 3.8) is 0 Å². The molecule has 5 nitrogen and oxygen atoms in total. The van der Waals surface area contributed by atoms with Gasteiger partial charge in [0.15, 0.2) is 6.10 Å². The highest BCUT2D eigenvalue weighted by Gasteiger charge is 2.64. The summed E-state index contributed by atoms with van der Waals surface area (Å²) in [6, 6.07) is -0.744. The predicted octanol–water partition coefficient (Wildman–Crippen LogP) is 0.148. The van der Waals surface area contributed by atoms with E-state index in [1.807, 2.05) is 13.8 Å². The standard InChI is InChI=1S/C9H13NO4S/c1-9(2)5(8(12)13)10-6(11)4(14-3)7(10)15-9/h4-5,7H,1-3H3,(H,12,13)/t4-,5-,7+/m0/s1. The summed E-state index contributed by atoms with van der Waals surface area (Å²) in [6.07, 6.45) is -0.473. The first-order valence-electron chi connectivity index (χ1n) is 4.65. The summed E-state index contributed by atoms with van der Waals surface area (Å²) in [5.41, 5.74) is 0. The van der Waals surface area contributed by atoms with Crippen molar-refractivity contribution in [1.29, 1.82) is 0 Å². The van der Waals surface area contributed by atoms with Crippen LogP contribution in [-0.4, -0.2) is 51.3 Å². The first-order valence-corrected chi connectivity index (χ1v) is 5.53. The van der Waals surface area contributed by atoms with Crippen LogP contribution >= 0.6 is 11.8 Å². The van der Waals surface area contributed by atoms with Crippen LogP contribution in [-0.2, 0) is 14.3 Å². The zero-order valence-corrected chi connectivity index (χ0v) is 9.58. The summed E-state index contributed by atoms with van der Waals surface area (Å²) >= 11 is 1.49. The summed E-state index contributed by atoms with van der Waals surface area (Å²) in [7, 11) is 1.47. The Morgan fingerprint density at radius 3 is 2.67 bits per heavy atom. The lowest BCUT2D eigenvalue weighted by Crippen LogP contribution is -2.66. The molecular formula is C9H13NO4S. The van der Waals surface area contributed by atoms with Gasteiger partial charge in [-0.3, -0.25) is 4.79 Å². The number of nitrogens with zero attached hydrogens (tertiary/aromatic N) is 1. The predicted molar refractivity (Wildman–Crippen MR) is 54.5 cm³/mol. The van der Waals surface area contributed by atoms with Crippen molar-refractivity contribution in [3.05, 3.63) is 0 Å². The number of carboxylic acid groups (broad SMARTS) is 1. The molecule has 2 saturated heterocycles. The van der Waals surface area contributed by atoms with E-state index in [0.29, 0.717) is 0 Å². The number of carbonyl (C=O) groups is 2. The summed E-state index contributed by atoms with van der Waals surface area (Å²) < 4.78 is 4.57. The molecule has 0 unspecified atom stereocenters. The molecule has 0 saturated carbocycles. The molecule has 2 aliphatic rings. The minimum atomic E-state index is -0.946. The van der Waals surface area contributed by atoms with Gasteiger partial charge in [0, 0.05) is 11.9 Å². The third kappa shape index (κ3) is 1.28. The van der Waals surface area contributed by atoms with Crippen LogP contribution in [0.5, 0.6) is 0 Å². The van der Waals surface area contributed by atoms with Gasteiger partial charge in [0.1, 0.15) is 11.4 Å². The monoisotopic (exact) mass is 231 g/mol. The van der Waals surface area contributed by atoms with Crippen LogP contribution in [0.4, 0.5) is 0 Å². The summed E-state index contributed by atoms with van der Waals surface area (Å²) in [4.78, 5) is 24.1. The second-order valence-electron chi connectivity index (χ2n) is 4.25. The Hall–Kier alpha value is -0.750. The van der Waals surface area contributed by atoms with Gasteiger partial charge in [0.2, 0.25) is 0 Å². The van der Waals surface area contributed by atoms with Gasteiger partial charge in [-0.05, 0) is 13.8 Å². The number of methoxy groups -OCH3 is 1. The molecule has 0 bridgehead atoms. The van der Waals surface area contributed by atoms with Crippen molar-refractivity contribution in [3.8, 4) is 0 Å². The molecule has 6 heteroatoms. The molecule has 0 spiro atoms. The molecule has 3 atom stereocenters. The highest BCUT2D eigenvalue weighted by atomic mass is 32.2. The van der Waals surface area contributed by atoms with Crippen LogP contribution in [0.15, 0.2) is 0 Å². The number of carboxylic acids is 1. The van der Waals surface area contributed by atoms with Gasteiger partial charge in [-0.15, -0.1) is 11.8 Å². The van der Waals surface area contributed by atoms with Crippen molar-refractivity contribution in [2.75, 3.05) is 7.11 Å². The zero-order valence-electron chi connectivity index (χ0n) is 8.76. The zero-order chi connectivity index (χ0) is 11.4. The van der Waals surface area contributed by atoms with Gasteiger partial charge >= 0.3 is 5.97 Å². The summed E-state index contributed by atoms with van der Waals surface area (Å²) in [5.74, 6) is -1.16. The Morgan fingerprint density at radius 2 is 2.20 bits per heavy atom. The molecule has 0 radical (unpaired) electrons. The van der Waals surface area contributed by atoms with Crippen molar-refractivity contribution < 1.29 is 19.4 Å². The number of fused-ring (bicyclic) bond motifs is 1. The fraction of sp³-hybridized carbons (Fsp3) is 0.778. The number of amides is 1. The number of hydrogen-bond acceptors (Lipinski definition) is 4. The number of rotatable bonds is 2. The smallest absolute Gasteiger partial charge is 0.327 e. The van der Waals surface area contributed by atoms with E-state index < -0.39 is 22.9 Å². The van der Waals surface area contributed by atoms with E-state index >= 15 is 0 Å². The molecule has 2 fully saturated rings. The van der Waals surface area contributed by atoms with E-state index in [1.165, 1.54) is 23.8 Å². The molecule has 0 aromatic carbocycles. The van der Waals surface area contributed by atoms with Crippen LogP contribution in [0.25, 0.3) is 0 Å². The fourth-order valence-corrected chi connectivity index (χ4v) is 3.85. The highest BCUT2D eigenvalue weighted by molar-refractivity contribution is 8.01. The van der Waals surface area contributed by atoms with Crippen molar-refractivity contribution in [2.45, 2.75) is 36.1 Å². The molecule has 0 aliphatic carbocycles. The van der Waals surface area contributed by atoms with Crippen LogP contribution in [0.3, 0.4) is 0 Å². The highest BCUT2D eigenvalue weighted by Crippen LogP contribution is 2.51. The maximum atomic E-state index is 11.6. The second kappa shape index (κ2) is 3.12. The van der Waals surface area contributed by atoms with Crippen LogP contribution in [0.1, 0.15) is 13.8 Å². The van der Waals surface area contributed by atoms with E-state index in [-0.39, 0.29) is 11.3 Å². The van der Waals surface area contributed by atoms with E-state index in [4.69, 9.17) is 9.84 Å². The quantitative estimate of drug-likeness (QED) is 0.685. The first-order chi connectivity index (χ1) is 6.90. The van der Waals surface area contributed by atoms with Crippen molar-refractivity contribution >= 4 is 23.6 Å². The van der Waals surface area contributed by atoms with Crippen molar-refractivity contribution in [2.24, 2.45) is 0 Å². The Labute approximate surface area is 91.8 Å². The molecule has 1 N–H and O–H groups in total. The number of hydrogen-bond donors (Lipinski definition) is 1. The average molecular weight is 231 g/mol. The normalized spacial score (nSPS) is 37.4. The molecule has 0 aromatic heterocycles. The minimum Gasteiger partial charge on any atom is -0.480 e. The van der Waals surface area contributed by atoms with Gasteiger partial charge in [-0.1, -0.05) is 0 Å². The van der Waals surface area contributed by atoms with E-state index in [0.717, 1.165) is 0 Å². The van der Waals surface area contributed by atoms with E-state index in [9.17, 15) is 9.59 Å².